The maximum atomic E-state index is 16.2. The first-order valence-corrected chi connectivity index (χ1v) is 18.3. The molecule has 0 saturated carbocycles. The molecule has 52 heavy (non-hydrogen) atoms. The molecule has 0 saturated heterocycles. The smallest absolute Gasteiger partial charge is 0.134 e. The van der Waals surface area contributed by atoms with E-state index < -0.39 is 5.82 Å². The third kappa shape index (κ3) is 8.03. The molecule has 0 aliphatic heterocycles. The van der Waals surface area contributed by atoms with Crippen molar-refractivity contribution in [2.75, 3.05) is 0 Å². The Balaban J connectivity index is 1.16. The lowest BCUT2D eigenvalue weighted by Gasteiger charge is -2.18. The lowest BCUT2D eigenvalue weighted by atomic mass is 9.88. The van der Waals surface area contributed by atoms with Crippen molar-refractivity contribution in [3.63, 3.8) is 0 Å². The van der Waals surface area contributed by atoms with Crippen LogP contribution in [0.5, 0.6) is 0 Å². The minimum atomic E-state index is -0.403. The number of aryl methyl sites for hydroxylation is 2. The molecule has 0 heterocycles. The molecule has 0 fully saturated rings. The maximum absolute atomic E-state index is 16.2. The normalized spacial score (nSPS) is 12.7. The monoisotopic (exact) mass is 718 g/mol. The van der Waals surface area contributed by atoms with Gasteiger partial charge in [-0.3, -0.25) is 0 Å². The molecule has 0 N–H and O–H groups in total. The van der Waals surface area contributed by atoms with Crippen LogP contribution >= 0.6 is 11.6 Å². The van der Waals surface area contributed by atoms with Gasteiger partial charge in [0.15, 0.2) is 0 Å². The van der Waals surface area contributed by atoms with E-state index in [1.807, 2.05) is 94.4 Å². The van der Waals surface area contributed by atoms with Gasteiger partial charge in [0, 0.05) is 21.7 Å². The summed E-state index contributed by atoms with van der Waals surface area (Å²) in [4.78, 5) is 0. The SMILES string of the molecule is Cc1cc(F)cc(-c2cccc(C(C)Cc3ccc(-c4cccc(C(C)CCc5cccc(-c6cccc(C(C)C)c6F)c5)c4F)cc3Cl)c2F)c1. The third-order valence-electron chi connectivity index (χ3n) is 10.1. The van der Waals surface area contributed by atoms with Crippen LogP contribution in [-0.4, -0.2) is 0 Å². The largest absolute Gasteiger partial charge is 0.207 e. The molecule has 6 aromatic rings. The predicted molar refractivity (Wildman–Crippen MR) is 208 cm³/mol. The van der Waals surface area contributed by atoms with Gasteiger partial charge in [-0.15, -0.1) is 0 Å². The first-order valence-electron chi connectivity index (χ1n) is 17.9. The van der Waals surface area contributed by atoms with Crippen molar-refractivity contribution >= 4 is 11.6 Å². The van der Waals surface area contributed by atoms with E-state index in [0.29, 0.717) is 68.8 Å². The average Bonchev–Trinajstić information content (AvgIpc) is 3.11. The summed E-state index contributed by atoms with van der Waals surface area (Å²) in [7, 11) is 0. The molecule has 0 amide bonds. The van der Waals surface area contributed by atoms with Crippen LogP contribution in [0.25, 0.3) is 33.4 Å². The highest BCUT2D eigenvalue weighted by molar-refractivity contribution is 6.31. The molecule has 0 aliphatic carbocycles. The van der Waals surface area contributed by atoms with E-state index in [-0.39, 0.29) is 35.2 Å². The third-order valence-corrected chi connectivity index (χ3v) is 10.5. The molecule has 2 atom stereocenters. The van der Waals surface area contributed by atoms with Crippen molar-refractivity contribution in [2.45, 2.75) is 71.6 Å². The molecular formula is C47H43ClF4. The van der Waals surface area contributed by atoms with E-state index in [0.717, 1.165) is 22.3 Å². The summed E-state index contributed by atoms with van der Waals surface area (Å²) in [6.07, 6.45) is 1.90. The Kier molecular flexibility index (Phi) is 11.4. The lowest BCUT2D eigenvalue weighted by Crippen LogP contribution is -2.04. The summed E-state index contributed by atoms with van der Waals surface area (Å²) in [6.45, 7) is 9.72. The van der Waals surface area contributed by atoms with Crippen LogP contribution in [0.1, 0.15) is 85.3 Å². The van der Waals surface area contributed by atoms with Gasteiger partial charge in [-0.05, 0) is 112 Å². The Morgan fingerprint density at radius 1 is 0.538 bits per heavy atom. The van der Waals surface area contributed by atoms with E-state index in [1.54, 1.807) is 43.3 Å². The van der Waals surface area contributed by atoms with Crippen LogP contribution in [0.2, 0.25) is 5.02 Å². The van der Waals surface area contributed by atoms with Gasteiger partial charge in [-0.25, -0.2) is 17.6 Å². The number of halogens is 5. The fourth-order valence-electron chi connectivity index (χ4n) is 7.17. The van der Waals surface area contributed by atoms with Crippen molar-refractivity contribution in [3.8, 4) is 33.4 Å². The zero-order chi connectivity index (χ0) is 37.1. The predicted octanol–water partition coefficient (Wildman–Crippen LogP) is 14.4. The van der Waals surface area contributed by atoms with Gasteiger partial charge in [0.2, 0.25) is 0 Å². The minimum absolute atomic E-state index is 0.0674. The van der Waals surface area contributed by atoms with Crippen LogP contribution in [-0.2, 0) is 12.8 Å². The summed E-state index contributed by atoms with van der Waals surface area (Å²) < 4.78 is 61.3. The van der Waals surface area contributed by atoms with Gasteiger partial charge in [-0.2, -0.15) is 0 Å². The number of benzene rings is 6. The first-order chi connectivity index (χ1) is 24.9. The second-order valence-electron chi connectivity index (χ2n) is 14.3. The highest BCUT2D eigenvalue weighted by Crippen LogP contribution is 2.36. The highest BCUT2D eigenvalue weighted by Gasteiger charge is 2.20. The summed E-state index contributed by atoms with van der Waals surface area (Å²) in [5, 5.41) is 0.481. The Bertz CT molecular complexity index is 2200. The van der Waals surface area contributed by atoms with Crippen molar-refractivity contribution in [1.82, 2.24) is 0 Å². The molecule has 0 radical (unpaired) electrons. The number of hydrogen-bond donors (Lipinski definition) is 0. The first kappa shape index (κ1) is 37.1. The molecule has 5 heteroatoms. The second kappa shape index (κ2) is 15.9. The summed E-state index contributed by atoms with van der Waals surface area (Å²) in [5.41, 5.74) is 7.89. The second-order valence-corrected chi connectivity index (χ2v) is 14.8. The summed E-state index contributed by atoms with van der Waals surface area (Å²) in [6, 6.07) is 34.2. The molecule has 0 spiro atoms. The van der Waals surface area contributed by atoms with E-state index >= 15 is 13.2 Å². The Morgan fingerprint density at radius 2 is 1.10 bits per heavy atom. The van der Waals surface area contributed by atoms with Crippen LogP contribution in [0, 0.1) is 30.2 Å². The maximum Gasteiger partial charge on any atom is 0.134 e. The zero-order valence-corrected chi connectivity index (χ0v) is 31.0. The molecule has 6 rings (SSSR count). The highest BCUT2D eigenvalue weighted by atomic mass is 35.5. The van der Waals surface area contributed by atoms with Crippen LogP contribution < -0.4 is 0 Å². The Hall–Kier alpha value is -4.67. The fourth-order valence-corrected chi connectivity index (χ4v) is 7.43. The Labute approximate surface area is 310 Å². The zero-order valence-electron chi connectivity index (χ0n) is 30.2. The van der Waals surface area contributed by atoms with Crippen molar-refractivity contribution < 1.29 is 17.6 Å². The molecule has 2 unspecified atom stereocenters. The van der Waals surface area contributed by atoms with Gasteiger partial charge in [0.1, 0.15) is 23.3 Å². The van der Waals surface area contributed by atoms with E-state index in [2.05, 4.69) is 0 Å². The van der Waals surface area contributed by atoms with Crippen LogP contribution in [0.3, 0.4) is 0 Å². The van der Waals surface area contributed by atoms with E-state index in [9.17, 15) is 4.39 Å². The molecule has 0 aromatic heterocycles. The number of hydrogen-bond acceptors (Lipinski definition) is 0. The fraction of sp³-hybridized carbons (Fsp3) is 0.234. The van der Waals surface area contributed by atoms with E-state index in [1.165, 1.54) is 12.1 Å². The quantitative estimate of drug-likeness (QED) is 0.117. The standard InChI is InChI=1S/C47H43ClF4/c1-28(2)38-12-7-15-41(45(38)50)33-11-6-10-32(25-33)19-18-30(4)39-13-8-16-42(46(39)51)34-20-21-35(44(48)27-34)24-31(5)40-14-9-17-43(47(40)52)36-22-29(3)23-37(49)26-36/h6-17,20-23,25-28,30-31H,18-19,24H2,1-5H3. The van der Waals surface area contributed by atoms with Crippen LogP contribution in [0.15, 0.2) is 115 Å². The molecule has 0 nitrogen and oxygen atoms in total. The number of rotatable bonds is 11. The summed E-state index contributed by atoms with van der Waals surface area (Å²) in [5.74, 6) is -1.43. The molecule has 0 aliphatic rings. The molecule has 6 aromatic carbocycles. The summed E-state index contributed by atoms with van der Waals surface area (Å²) >= 11 is 6.79. The molecular weight excluding hydrogens is 676 g/mol. The Morgan fingerprint density at radius 3 is 1.71 bits per heavy atom. The topological polar surface area (TPSA) is 0 Å². The van der Waals surface area contributed by atoms with Gasteiger partial charge in [0.05, 0.1) is 0 Å². The van der Waals surface area contributed by atoms with Gasteiger partial charge in [0.25, 0.3) is 0 Å². The minimum Gasteiger partial charge on any atom is -0.207 e. The van der Waals surface area contributed by atoms with E-state index in [4.69, 9.17) is 11.6 Å². The van der Waals surface area contributed by atoms with Crippen LogP contribution in [0.4, 0.5) is 17.6 Å². The van der Waals surface area contributed by atoms with Gasteiger partial charge >= 0.3 is 0 Å². The van der Waals surface area contributed by atoms with Gasteiger partial charge in [-0.1, -0.05) is 136 Å². The molecule has 0 bridgehead atoms. The van der Waals surface area contributed by atoms with Crippen molar-refractivity contribution in [2.24, 2.45) is 0 Å². The van der Waals surface area contributed by atoms with Gasteiger partial charge < -0.3 is 0 Å². The lowest BCUT2D eigenvalue weighted by molar-refractivity contribution is 0.577. The van der Waals surface area contributed by atoms with Crippen molar-refractivity contribution in [1.29, 1.82) is 0 Å². The average molecular weight is 719 g/mol. The molecule has 266 valence electrons. The van der Waals surface area contributed by atoms with Crippen molar-refractivity contribution in [3.05, 3.63) is 177 Å².